The third-order valence-electron chi connectivity index (χ3n) is 5.73. The quantitative estimate of drug-likeness (QED) is 0.318. The monoisotopic (exact) mass is 505 g/mol. The predicted molar refractivity (Wildman–Crippen MR) is 138 cm³/mol. The molecule has 1 aliphatic carbocycles. The summed E-state index contributed by atoms with van der Waals surface area (Å²) in [5.74, 6) is -0.0749. The molecule has 7 nitrogen and oxygen atoms in total. The molecule has 1 aliphatic rings. The van der Waals surface area contributed by atoms with E-state index in [0.29, 0.717) is 24.3 Å². The summed E-state index contributed by atoms with van der Waals surface area (Å²) in [6.45, 7) is 6.32. The molecule has 35 heavy (non-hydrogen) atoms. The lowest BCUT2D eigenvalue weighted by Gasteiger charge is -2.23. The molecule has 4 N–H and O–H groups in total. The number of aromatic nitrogens is 2. The Bertz CT molecular complexity index is 1130. The maximum Gasteiger partial charge on any atom is 0.255 e. The zero-order valence-electron chi connectivity index (χ0n) is 20.4. The van der Waals surface area contributed by atoms with Crippen LogP contribution in [-0.4, -0.2) is 51.5 Å². The minimum atomic E-state index is -1.64. The van der Waals surface area contributed by atoms with Crippen molar-refractivity contribution in [1.82, 2.24) is 15.3 Å². The second-order valence-corrected chi connectivity index (χ2v) is 9.69. The van der Waals surface area contributed by atoms with E-state index in [1.807, 2.05) is 32.0 Å². The van der Waals surface area contributed by atoms with Crippen LogP contribution in [0.15, 0.2) is 36.0 Å². The van der Waals surface area contributed by atoms with Gasteiger partial charge < -0.3 is 21.1 Å². The van der Waals surface area contributed by atoms with Gasteiger partial charge in [0.2, 0.25) is 0 Å². The minimum Gasteiger partial charge on any atom is -0.387 e. The second kappa shape index (κ2) is 11.7. The molecule has 1 unspecified atom stereocenters. The molecule has 1 amide bonds. The average molecular weight is 506 g/mol. The molecule has 0 aliphatic heterocycles. The van der Waals surface area contributed by atoms with Crippen LogP contribution in [0.5, 0.6) is 0 Å². The smallest absolute Gasteiger partial charge is 0.255 e. The first kappa shape index (κ1) is 26.7. The number of fused-ring (bicyclic) bond motifs is 1. The van der Waals surface area contributed by atoms with E-state index in [2.05, 4.69) is 25.9 Å². The van der Waals surface area contributed by atoms with Gasteiger partial charge in [-0.3, -0.25) is 4.79 Å². The molecule has 4 rings (SSSR count). The number of hydrogen-bond donors (Lipinski definition) is 4. The van der Waals surface area contributed by atoms with Gasteiger partial charge in [-0.25, -0.2) is 18.7 Å². The van der Waals surface area contributed by atoms with Crippen molar-refractivity contribution < 1.29 is 18.7 Å². The van der Waals surface area contributed by atoms with Gasteiger partial charge in [-0.2, -0.15) is 0 Å². The maximum atomic E-state index is 14.3. The number of carbonyl (C=O) groups excluding carboxylic acids is 1. The van der Waals surface area contributed by atoms with E-state index in [-0.39, 0.29) is 12.1 Å². The highest BCUT2D eigenvalue weighted by molar-refractivity contribution is 7.16. The molecule has 1 fully saturated rings. The fourth-order valence-corrected chi connectivity index (χ4v) is 4.43. The number of pyridine rings is 1. The highest BCUT2D eigenvalue weighted by atomic mass is 32.1. The summed E-state index contributed by atoms with van der Waals surface area (Å²) < 4.78 is 29.4. The first-order chi connectivity index (χ1) is 16.7. The summed E-state index contributed by atoms with van der Waals surface area (Å²) in [5, 5.41) is 18.6. The molecule has 2 aromatic heterocycles. The number of nitrogens with one attached hydrogen (secondary N) is 3. The van der Waals surface area contributed by atoms with Crippen LogP contribution in [0.25, 0.3) is 10.2 Å². The summed E-state index contributed by atoms with van der Waals surface area (Å²) >= 11 is 1.53. The fraction of sp³-hybridized carbons (Fsp3) is 0.480. The van der Waals surface area contributed by atoms with Gasteiger partial charge in [-0.05, 0) is 51.3 Å². The van der Waals surface area contributed by atoms with Crippen molar-refractivity contribution >= 4 is 44.7 Å². The third kappa shape index (κ3) is 6.85. The van der Waals surface area contributed by atoms with Gasteiger partial charge >= 0.3 is 0 Å². The van der Waals surface area contributed by atoms with Crippen molar-refractivity contribution in [3.05, 3.63) is 41.5 Å². The third-order valence-corrected chi connectivity index (χ3v) is 6.52. The van der Waals surface area contributed by atoms with E-state index in [9.17, 15) is 18.7 Å². The van der Waals surface area contributed by atoms with E-state index in [4.69, 9.17) is 0 Å². The molecule has 10 heteroatoms. The molecule has 3 atom stereocenters. The van der Waals surface area contributed by atoms with Crippen molar-refractivity contribution in [2.45, 2.75) is 70.9 Å². The lowest BCUT2D eigenvalue weighted by atomic mass is 10.0. The summed E-state index contributed by atoms with van der Waals surface area (Å²) in [4.78, 5) is 21.4. The second-order valence-electron chi connectivity index (χ2n) is 8.80. The first-order valence-electron chi connectivity index (χ1n) is 11.9. The summed E-state index contributed by atoms with van der Waals surface area (Å²) in [6.07, 6.45) is 0.619. The standard InChI is InChI=1S/C23H27F2N5O2S.C2H6/c1-23(2,32)20(25)11-27-22(31)14-10-26-21(9-18(14)30-16-5-3-4-15(16)24)29-13-6-7-17-19(8-13)33-12-28-17;1-2/h6-10,12,15-16,20,32H,3-5,11H2,1-2H3,(H,27,31)(H2,26,29,30);1-2H3/t15?,16-,20-;/m1./s1. The van der Waals surface area contributed by atoms with E-state index in [1.165, 1.54) is 31.4 Å². The molecule has 0 bridgehead atoms. The number of amides is 1. The summed E-state index contributed by atoms with van der Waals surface area (Å²) in [7, 11) is 0. The topological polar surface area (TPSA) is 99.2 Å². The van der Waals surface area contributed by atoms with E-state index < -0.39 is 29.9 Å². The van der Waals surface area contributed by atoms with Crippen molar-refractivity contribution in [2.24, 2.45) is 0 Å². The summed E-state index contributed by atoms with van der Waals surface area (Å²) in [5.41, 5.74) is 2.50. The largest absolute Gasteiger partial charge is 0.387 e. The van der Waals surface area contributed by atoms with Crippen molar-refractivity contribution in [3.8, 4) is 0 Å². The van der Waals surface area contributed by atoms with Crippen LogP contribution in [0, 0.1) is 0 Å². The van der Waals surface area contributed by atoms with Crippen LogP contribution in [0.3, 0.4) is 0 Å². The number of rotatable bonds is 8. The van der Waals surface area contributed by atoms with Gasteiger partial charge in [-0.1, -0.05) is 13.8 Å². The fourth-order valence-electron chi connectivity index (χ4n) is 3.71. The molecular weight excluding hydrogens is 472 g/mol. The van der Waals surface area contributed by atoms with Crippen molar-refractivity contribution in [1.29, 1.82) is 0 Å². The van der Waals surface area contributed by atoms with Gasteiger partial charge in [-0.15, -0.1) is 11.3 Å². The highest BCUT2D eigenvalue weighted by Gasteiger charge is 2.29. The van der Waals surface area contributed by atoms with Crippen LogP contribution in [0.1, 0.15) is 57.3 Å². The highest BCUT2D eigenvalue weighted by Crippen LogP contribution is 2.30. The van der Waals surface area contributed by atoms with E-state index in [0.717, 1.165) is 22.3 Å². The molecule has 1 saturated carbocycles. The Morgan fingerprint density at radius 2 is 2.03 bits per heavy atom. The van der Waals surface area contributed by atoms with Crippen LogP contribution in [0.4, 0.5) is 26.0 Å². The lowest BCUT2D eigenvalue weighted by Crippen LogP contribution is -2.42. The number of benzene rings is 1. The Hall–Kier alpha value is -2.85. The Labute approximate surface area is 208 Å². The molecular formula is C25H33F2N5O2S. The average Bonchev–Trinajstić information content (AvgIpc) is 3.46. The van der Waals surface area contributed by atoms with Crippen LogP contribution < -0.4 is 16.0 Å². The SMILES string of the molecule is CC.CC(C)(O)[C@H](F)CNC(=O)c1cnc(Nc2ccc3ncsc3c2)cc1N[C@@H]1CCCC1F. The van der Waals surface area contributed by atoms with Crippen LogP contribution in [-0.2, 0) is 0 Å². The minimum absolute atomic E-state index is 0.181. The molecule has 0 saturated heterocycles. The zero-order valence-corrected chi connectivity index (χ0v) is 21.3. The van der Waals surface area contributed by atoms with Gasteiger partial charge in [0.25, 0.3) is 5.91 Å². The molecule has 0 radical (unpaired) electrons. The van der Waals surface area contributed by atoms with Crippen molar-refractivity contribution in [3.63, 3.8) is 0 Å². The molecule has 2 heterocycles. The number of alkyl halides is 2. The number of anilines is 3. The molecule has 1 aromatic carbocycles. The Balaban J connectivity index is 0.00000167. The summed E-state index contributed by atoms with van der Waals surface area (Å²) in [6, 6.07) is 6.97. The maximum absolute atomic E-state index is 14.3. The number of carbonyl (C=O) groups is 1. The Morgan fingerprint density at radius 1 is 1.26 bits per heavy atom. The predicted octanol–water partition coefficient (Wildman–Crippen LogP) is 5.60. The Kier molecular flexibility index (Phi) is 8.96. The van der Waals surface area contributed by atoms with Gasteiger partial charge in [0.15, 0.2) is 0 Å². The first-order valence-corrected chi connectivity index (χ1v) is 12.7. The molecule has 190 valence electrons. The lowest BCUT2D eigenvalue weighted by molar-refractivity contribution is -0.00177. The number of hydrogen-bond acceptors (Lipinski definition) is 7. The normalized spacial score (nSPS) is 18.5. The van der Waals surface area contributed by atoms with Gasteiger partial charge in [0, 0.05) is 18.0 Å². The van der Waals surface area contributed by atoms with Crippen LogP contribution >= 0.6 is 11.3 Å². The van der Waals surface area contributed by atoms with E-state index >= 15 is 0 Å². The number of halogens is 2. The van der Waals surface area contributed by atoms with Crippen molar-refractivity contribution in [2.75, 3.05) is 17.2 Å². The van der Waals surface area contributed by atoms with Gasteiger partial charge in [0.05, 0.1) is 45.2 Å². The number of thiazole rings is 1. The van der Waals surface area contributed by atoms with Gasteiger partial charge in [0.1, 0.15) is 18.2 Å². The van der Waals surface area contributed by atoms with Crippen LogP contribution in [0.2, 0.25) is 0 Å². The zero-order chi connectivity index (χ0) is 25.6. The Morgan fingerprint density at radius 3 is 2.71 bits per heavy atom. The van der Waals surface area contributed by atoms with E-state index in [1.54, 1.807) is 11.6 Å². The number of aliphatic hydroxyl groups is 1. The molecule has 0 spiro atoms. The number of nitrogens with zero attached hydrogens (tertiary/aromatic N) is 2. The molecule has 3 aromatic rings.